The highest BCUT2D eigenvalue weighted by atomic mass is 32.2. The van der Waals surface area contributed by atoms with Crippen molar-refractivity contribution in [3.8, 4) is 0 Å². The largest absolute Gasteiger partial charge is 0.381 e. The SMILES string of the molecule is CSCCN(C)C(CN)C1CCOC1. The minimum Gasteiger partial charge on any atom is -0.381 e. The Labute approximate surface area is 91.4 Å². The molecule has 0 aromatic carbocycles. The van der Waals surface area contributed by atoms with E-state index in [9.17, 15) is 0 Å². The zero-order chi connectivity index (χ0) is 10.4. The van der Waals surface area contributed by atoms with E-state index in [1.165, 1.54) is 12.2 Å². The number of hydrogen-bond donors (Lipinski definition) is 1. The van der Waals surface area contributed by atoms with Gasteiger partial charge in [-0.2, -0.15) is 11.8 Å². The Morgan fingerprint density at radius 2 is 2.43 bits per heavy atom. The molecular weight excluding hydrogens is 196 g/mol. The van der Waals surface area contributed by atoms with Gasteiger partial charge in [0.05, 0.1) is 6.61 Å². The fourth-order valence-corrected chi connectivity index (χ4v) is 2.46. The summed E-state index contributed by atoms with van der Waals surface area (Å²) in [6.45, 7) is 3.68. The summed E-state index contributed by atoms with van der Waals surface area (Å²) in [5.74, 6) is 1.83. The van der Waals surface area contributed by atoms with Crippen molar-refractivity contribution in [2.45, 2.75) is 12.5 Å². The van der Waals surface area contributed by atoms with E-state index in [0.717, 1.165) is 26.3 Å². The number of thioether (sulfide) groups is 1. The minimum atomic E-state index is 0.504. The van der Waals surface area contributed by atoms with Crippen LogP contribution in [0.5, 0.6) is 0 Å². The molecule has 4 heteroatoms. The van der Waals surface area contributed by atoms with Crippen LogP contribution in [0.3, 0.4) is 0 Å². The zero-order valence-electron chi connectivity index (χ0n) is 9.24. The van der Waals surface area contributed by atoms with Crippen LogP contribution in [-0.2, 0) is 4.74 Å². The van der Waals surface area contributed by atoms with Gasteiger partial charge in [0.2, 0.25) is 0 Å². The van der Waals surface area contributed by atoms with Crippen molar-refractivity contribution >= 4 is 11.8 Å². The first-order chi connectivity index (χ1) is 6.79. The molecule has 0 bridgehead atoms. The highest BCUT2D eigenvalue weighted by Crippen LogP contribution is 2.19. The molecule has 0 radical (unpaired) electrons. The van der Waals surface area contributed by atoms with Crippen molar-refractivity contribution < 1.29 is 4.74 Å². The van der Waals surface area contributed by atoms with Crippen molar-refractivity contribution in [2.24, 2.45) is 11.7 Å². The third-order valence-corrected chi connectivity index (χ3v) is 3.56. The first-order valence-electron chi connectivity index (χ1n) is 5.26. The van der Waals surface area contributed by atoms with E-state index < -0.39 is 0 Å². The van der Waals surface area contributed by atoms with Gasteiger partial charge in [-0.05, 0) is 19.7 Å². The van der Waals surface area contributed by atoms with Gasteiger partial charge in [0.1, 0.15) is 0 Å². The second kappa shape index (κ2) is 6.67. The summed E-state index contributed by atoms with van der Waals surface area (Å²) in [4.78, 5) is 2.38. The summed E-state index contributed by atoms with van der Waals surface area (Å²) in [7, 11) is 2.17. The number of nitrogens with two attached hydrogens (primary N) is 1. The van der Waals surface area contributed by atoms with Crippen LogP contribution < -0.4 is 5.73 Å². The van der Waals surface area contributed by atoms with E-state index in [0.29, 0.717) is 12.0 Å². The lowest BCUT2D eigenvalue weighted by Gasteiger charge is -2.30. The van der Waals surface area contributed by atoms with Gasteiger partial charge in [-0.15, -0.1) is 0 Å². The molecule has 2 unspecified atom stereocenters. The molecule has 14 heavy (non-hydrogen) atoms. The molecule has 0 aromatic heterocycles. The third kappa shape index (κ3) is 3.42. The standard InChI is InChI=1S/C10H22N2OS/c1-12(4-6-14-2)10(7-11)9-3-5-13-8-9/h9-10H,3-8,11H2,1-2H3. The molecule has 1 rings (SSSR count). The number of rotatable bonds is 6. The minimum absolute atomic E-state index is 0.504. The van der Waals surface area contributed by atoms with Crippen LogP contribution in [0.1, 0.15) is 6.42 Å². The second-order valence-corrected chi connectivity index (χ2v) is 4.89. The van der Waals surface area contributed by atoms with Crippen molar-refractivity contribution in [3.63, 3.8) is 0 Å². The summed E-state index contributed by atoms with van der Waals surface area (Å²) >= 11 is 1.89. The fourth-order valence-electron chi connectivity index (χ4n) is 1.99. The Kier molecular flexibility index (Phi) is 5.86. The van der Waals surface area contributed by atoms with Crippen LogP contribution in [0.2, 0.25) is 0 Å². The Morgan fingerprint density at radius 1 is 1.64 bits per heavy atom. The number of likely N-dealkylation sites (N-methyl/N-ethyl adjacent to an activating group) is 1. The Hall–Kier alpha value is 0.230. The molecule has 2 atom stereocenters. The van der Waals surface area contributed by atoms with Crippen molar-refractivity contribution in [1.82, 2.24) is 4.90 Å². The lowest BCUT2D eigenvalue weighted by molar-refractivity contribution is 0.144. The van der Waals surface area contributed by atoms with E-state index in [2.05, 4.69) is 18.2 Å². The van der Waals surface area contributed by atoms with Crippen LogP contribution in [0, 0.1) is 5.92 Å². The summed E-state index contributed by atoms with van der Waals surface area (Å²) in [5.41, 5.74) is 5.82. The van der Waals surface area contributed by atoms with E-state index in [4.69, 9.17) is 10.5 Å². The molecule has 1 aliphatic rings. The van der Waals surface area contributed by atoms with Gasteiger partial charge in [0, 0.05) is 37.4 Å². The van der Waals surface area contributed by atoms with Crippen LogP contribution >= 0.6 is 11.8 Å². The number of hydrogen-bond acceptors (Lipinski definition) is 4. The highest BCUT2D eigenvalue weighted by Gasteiger charge is 2.27. The first kappa shape index (κ1) is 12.3. The number of nitrogens with zero attached hydrogens (tertiary/aromatic N) is 1. The monoisotopic (exact) mass is 218 g/mol. The van der Waals surface area contributed by atoms with Gasteiger partial charge in [-0.25, -0.2) is 0 Å². The smallest absolute Gasteiger partial charge is 0.0510 e. The highest BCUT2D eigenvalue weighted by molar-refractivity contribution is 7.98. The van der Waals surface area contributed by atoms with Gasteiger partial charge >= 0.3 is 0 Å². The average Bonchev–Trinajstić information content (AvgIpc) is 2.69. The predicted molar refractivity (Wildman–Crippen MR) is 62.8 cm³/mol. The Balaban J connectivity index is 2.34. The van der Waals surface area contributed by atoms with Crippen LogP contribution in [0.15, 0.2) is 0 Å². The maximum atomic E-state index is 5.82. The molecule has 0 aliphatic carbocycles. The Bertz CT molecular complexity index is 151. The molecule has 0 spiro atoms. The molecule has 1 heterocycles. The summed E-state index contributed by atoms with van der Waals surface area (Å²) in [5, 5.41) is 0. The molecule has 3 nitrogen and oxygen atoms in total. The summed E-state index contributed by atoms with van der Waals surface area (Å²) in [6, 6.07) is 0.504. The molecule has 0 aromatic rings. The molecule has 1 fully saturated rings. The van der Waals surface area contributed by atoms with Crippen LogP contribution in [0.4, 0.5) is 0 Å². The molecule has 1 aliphatic heterocycles. The summed E-state index contributed by atoms with van der Waals surface area (Å²) < 4.78 is 5.41. The molecule has 0 saturated carbocycles. The normalized spacial score (nSPS) is 24.4. The van der Waals surface area contributed by atoms with E-state index in [-0.39, 0.29) is 0 Å². The predicted octanol–water partition coefficient (Wildman–Crippen LogP) is 0.645. The van der Waals surface area contributed by atoms with E-state index in [1.54, 1.807) is 0 Å². The molecular formula is C10H22N2OS. The Morgan fingerprint density at radius 3 is 2.93 bits per heavy atom. The zero-order valence-corrected chi connectivity index (χ0v) is 10.1. The van der Waals surface area contributed by atoms with Crippen molar-refractivity contribution in [2.75, 3.05) is 45.4 Å². The average molecular weight is 218 g/mol. The topological polar surface area (TPSA) is 38.5 Å². The molecule has 2 N–H and O–H groups in total. The van der Waals surface area contributed by atoms with Crippen LogP contribution in [-0.4, -0.2) is 56.3 Å². The summed E-state index contributed by atoms with van der Waals surface area (Å²) in [6.07, 6.45) is 3.31. The van der Waals surface area contributed by atoms with Gasteiger partial charge in [0.15, 0.2) is 0 Å². The molecule has 84 valence electrons. The van der Waals surface area contributed by atoms with E-state index >= 15 is 0 Å². The van der Waals surface area contributed by atoms with Crippen molar-refractivity contribution in [3.05, 3.63) is 0 Å². The third-order valence-electron chi connectivity index (χ3n) is 2.96. The molecule has 0 amide bonds. The van der Waals surface area contributed by atoms with Crippen molar-refractivity contribution in [1.29, 1.82) is 0 Å². The van der Waals surface area contributed by atoms with Gasteiger partial charge < -0.3 is 15.4 Å². The maximum absolute atomic E-state index is 5.82. The first-order valence-corrected chi connectivity index (χ1v) is 6.66. The second-order valence-electron chi connectivity index (χ2n) is 3.90. The molecule has 1 saturated heterocycles. The fraction of sp³-hybridized carbons (Fsp3) is 1.00. The maximum Gasteiger partial charge on any atom is 0.0510 e. The van der Waals surface area contributed by atoms with Crippen LogP contribution in [0.25, 0.3) is 0 Å². The lowest BCUT2D eigenvalue weighted by Crippen LogP contribution is -2.44. The lowest BCUT2D eigenvalue weighted by atomic mass is 9.98. The van der Waals surface area contributed by atoms with Gasteiger partial charge in [-0.1, -0.05) is 0 Å². The van der Waals surface area contributed by atoms with Gasteiger partial charge in [0.25, 0.3) is 0 Å². The van der Waals surface area contributed by atoms with Gasteiger partial charge in [-0.3, -0.25) is 0 Å². The number of ether oxygens (including phenoxy) is 1. The quantitative estimate of drug-likeness (QED) is 0.710. The van der Waals surface area contributed by atoms with E-state index in [1.807, 2.05) is 11.8 Å².